The highest BCUT2D eigenvalue weighted by atomic mass is 16.7. The van der Waals surface area contributed by atoms with Crippen LogP contribution in [0, 0.1) is 11.3 Å². The third kappa shape index (κ3) is 6.24. The monoisotopic (exact) mass is 577 g/mol. The number of pyridine rings is 2. The summed E-state index contributed by atoms with van der Waals surface area (Å²) >= 11 is 0. The lowest BCUT2D eigenvalue weighted by Gasteiger charge is -2.37. The Bertz CT molecular complexity index is 1340. The van der Waals surface area contributed by atoms with Gasteiger partial charge in [-0.25, -0.2) is 14.8 Å². The molecule has 0 radical (unpaired) electrons. The smallest absolute Gasteiger partial charge is 0.328 e. The molecule has 5 heterocycles. The molecule has 0 aromatic carbocycles. The minimum absolute atomic E-state index is 0.0380. The number of carbonyl (C=O) groups excluding carboxylic acids is 2. The van der Waals surface area contributed by atoms with Gasteiger partial charge in [0.05, 0.1) is 11.6 Å². The summed E-state index contributed by atoms with van der Waals surface area (Å²) in [6.07, 6.45) is 5.59. The molecule has 5 rings (SSSR count). The third-order valence-electron chi connectivity index (χ3n) is 8.29. The second-order valence-electron chi connectivity index (χ2n) is 10.9. The van der Waals surface area contributed by atoms with E-state index in [9.17, 15) is 14.9 Å². The molecule has 1 N–H and O–H groups in total. The van der Waals surface area contributed by atoms with Gasteiger partial charge in [0.1, 0.15) is 23.4 Å². The van der Waals surface area contributed by atoms with Crippen LogP contribution in [0.5, 0.6) is 0 Å². The quantitative estimate of drug-likeness (QED) is 0.334. The first kappa shape index (κ1) is 29.8. The van der Waals surface area contributed by atoms with Crippen LogP contribution in [0.1, 0.15) is 59.9 Å². The number of rotatable bonds is 10. The number of urea groups is 1. The molecule has 12 nitrogen and oxygen atoms in total. The molecule has 2 aromatic rings. The Morgan fingerprint density at radius 1 is 1.14 bits per heavy atom. The molecule has 0 aliphatic carbocycles. The summed E-state index contributed by atoms with van der Waals surface area (Å²) in [6, 6.07) is 5.56. The normalized spacial score (nSPS) is 18.6. The van der Waals surface area contributed by atoms with Crippen LogP contribution in [0.25, 0.3) is 0 Å². The number of nitrogens with one attached hydrogen (secondary N) is 1. The lowest BCUT2D eigenvalue weighted by molar-refractivity contribution is -0.141. The largest absolute Gasteiger partial charge is 0.385 e. The fourth-order valence-corrected chi connectivity index (χ4v) is 6.17. The second-order valence-corrected chi connectivity index (χ2v) is 10.9. The van der Waals surface area contributed by atoms with E-state index in [-0.39, 0.29) is 18.0 Å². The first-order valence-electron chi connectivity index (χ1n) is 14.5. The highest BCUT2D eigenvalue weighted by Crippen LogP contribution is 2.33. The van der Waals surface area contributed by atoms with Gasteiger partial charge in [0.15, 0.2) is 0 Å². The van der Waals surface area contributed by atoms with Crippen LogP contribution in [0.15, 0.2) is 18.3 Å². The van der Waals surface area contributed by atoms with E-state index in [1.807, 2.05) is 11.0 Å². The zero-order valence-electron chi connectivity index (χ0n) is 24.6. The maximum Gasteiger partial charge on any atom is 0.328 e. The molecule has 3 aliphatic rings. The Labute approximate surface area is 246 Å². The number of amides is 3. The minimum atomic E-state index is -0.755. The molecule has 2 aromatic heterocycles. The zero-order valence-corrected chi connectivity index (χ0v) is 24.6. The van der Waals surface area contributed by atoms with E-state index in [1.54, 1.807) is 32.3 Å². The van der Waals surface area contributed by atoms with Gasteiger partial charge in [-0.1, -0.05) is 0 Å². The molecule has 1 unspecified atom stereocenters. The van der Waals surface area contributed by atoms with Crippen molar-refractivity contribution in [3.63, 3.8) is 0 Å². The molecule has 3 amide bonds. The van der Waals surface area contributed by atoms with Crippen LogP contribution in [-0.4, -0.2) is 91.9 Å². The number of anilines is 2. The number of aryl methyl sites for hydroxylation is 2. The molecular formula is C30H39N7O5. The summed E-state index contributed by atoms with van der Waals surface area (Å²) in [6.45, 7) is 3.98. The number of fused-ring (bicyclic) bond motifs is 2. The van der Waals surface area contributed by atoms with Gasteiger partial charge in [-0.3, -0.25) is 19.9 Å². The van der Waals surface area contributed by atoms with Crippen molar-refractivity contribution in [2.45, 2.75) is 57.4 Å². The first-order chi connectivity index (χ1) is 20.5. The molecule has 0 saturated carbocycles. The lowest BCUT2D eigenvalue weighted by Crippen LogP contribution is -2.53. The van der Waals surface area contributed by atoms with Crippen molar-refractivity contribution in [1.82, 2.24) is 19.8 Å². The fraction of sp³-hybridized carbons (Fsp3) is 0.567. The molecule has 0 bridgehead atoms. The molecule has 2 fully saturated rings. The van der Waals surface area contributed by atoms with E-state index in [1.165, 1.54) is 6.20 Å². The number of nitrogens with zero attached hydrogens (tertiary/aromatic N) is 6. The molecule has 224 valence electrons. The van der Waals surface area contributed by atoms with Crippen molar-refractivity contribution in [3.05, 3.63) is 46.3 Å². The highest BCUT2D eigenvalue weighted by Gasteiger charge is 2.38. The van der Waals surface area contributed by atoms with Gasteiger partial charge < -0.3 is 19.1 Å². The number of methoxy groups -OCH3 is 3. The van der Waals surface area contributed by atoms with Crippen molar-refractivity contribution < 1.29 is 23.8 Å². The zero-order chi connectivity index (χ0) is 29.6. The van der Waals surface area contributed by atoms with Crippen molar-refractivity contribution in [1.29, 1.82) is 5.26 Å². The SMILES string of the molecule is COCCCc1cc(NC(=O)N2CCCc3cc(CN4CCN5CCCC5C4=O)c(C(OC)OC)nc32)ncc1C#N. The van der Waals surface area contributed by atoms with E-state index in [4.69, 9.17) is 19.2 Å². The Kier molecular flexibility index (Phi) is 9.64. The van der Waals surface area contributed by atoms with Crippen LogP contribution < -0.4 is 10.2 Å². The summed E-state index contributed by atoms with van der Waals surface area (Å²) in [5.41, 5.74) is 3.63. The van der Waals surface area contributed by atoms with Crippen molar-refractivity contribution in [2.75, 3.05) is 64.3 Å². The molecule has 42 heavy (non-hydrogen) atoms. The van der Waals surface area contributed by atoms with Gasteiger partial charge >= 0.3 is 6.03 Å². The summed E-state index contributed by atoms with van der Waals surface area (Å²) in [5.74, 6) is 1.07. The van der Waals surface area contributed by atoms with Gasteiger partial charge in [0, 0.05) is 60.3 Å². The molecular weight excluding hydrogens is 538 g/mol. The van der Waals surface area contributed by atoms with Crippen LogP contribution >= 0.6 is 0 Å². The summed E-state index contributed by atoms with van der Waals surface area (Å²) < 4.78 is 16.4. The van der Waals surface area contributed by atoms with Gasteiger partial charge in [0.25, 0.3) is 0 Å². The second kappa shape index (κ2) is 13.6. The number of hydrogen-bond acceptors (Lipinski definition) is 9. The molecule has 1 atom stereocenters. The maximum absolute atomic E-state index is 13.6. The van der Waals surface area contributed by atoms with Crippen molar-refractivity contribution in [2.24, 2.45) is 0 Å². The molecule has 0 spiro atoms. The van der Waals surface area contributed by atoms with Crippen LogP contribution in [0.3, 0.4) is 0 Å². The average molecular weight is 578 g/mol. The maximum atomic E-state index is 13.6. The number of ether oxygens (including phenoxy) is 3. The van der Waals surface area contributed by atoms with Gasteiger partial charge in [-0.2, -0.15) is 5.26 Å². The Morgan fingerprint density at radius 3 is 2.74 bits per heavy atom. The number of aromatic nitrogens is 2. The summed E-state index contributed by atoms with van der Waals surface area (Å²) in [7, 11) is 4.74. The van der Waals surface area contributed by atoms with Crippen LogP contribution in [-0.2, 0) is 38.4 Å². The third-order valence-corrected chi connectivity index (χ3v) is 8.29. The topological polar surface area (TPSA) is 133 Å². The van der Waals surface area contributed by atoms with Gasteiger partial charge in [0.2, 0.25) is 12.2 Å². The Balaban J connectivity index is 1.40. The number of hydrogen-bond donors (Lipinski definition) is 1. The standard InChI is InChI=1S/C30H39N7O5/c1-40-14-6-8-20-16-25(32-18-23(20)17-31)33-30(39)37-11-4-7-21-15-22(26(34-27(21)37)29(41-2)42-3)19-36-13-12-35-10-5-9-24(35)28(36)38/h15-16,18,24,29H,4-14,19H2,1-3H3,(H,32,33,39). The van der Waals surface area contributed by atoms with E-state index < -0.39 is 6.29 Å². The molecule has 3 aliphatic heterocycles. The average Bonchev–Trinajstić information content (AvgIpc) is 3.49. The summed E-state index contributed by atoms with van der Waals surface area (Å²) in [5, 5.41) is 12.4. The van der Waals surface area contributed by atoms with Gasteiger partial charge in [-0.05, 0) is 73.9 Å². The number of piperazine rings is 1. The Hall–Kier alpha value is -3.63. The number of nitriles is 1. The van der Waals surface area contributed by atoms with Crippen LogP contribution in [0.2, 0.25) is 0 Å². The van der Waals surface area contributed by atoms with Crippen molar-refractivity contribution >= 4 is 23.6 Å². The van der Waals surface area contributed by atoms with Crippen LogP contribution in [0.4, 0.5) is 16.4 Å². The predicted octanol–water partition coefficient (Wildman–Crippen LogP) is 3.01. The predicted molar refractivity (Wildman–Crippen MR) is 155 cm³/mol. The van der Waals surface area contributed by atoms with Gasteiger partial charge in [-0.15, -0.1) is 0 Å². The lowest BCUT2D eigenvalue weighted by atomic mass is 10.0. The fourth-order valence-electron chi connectivity index (χ4n) is 6.17. The molecule has 12 heteroatoms. The van der Waals surface area contributed by atoms with Crippen molar-refractivity contribution in [3.8, 4) is 6.07 Å². The van der Waals surface area contributed by atoms with E-state index in [0.717, 1.165) is 61.9 Å². The Morgan fingerprint density at radius 2 is 1.98 bits per heavy atom. The van der Waals surface area contributed by atoms with E-state index in [0.29, 0.717) is 55.6 Å². The summed E-state index contributed by atoms with van der Waals surface area (Å²) in [4.78, 5) is 41.9. The minimum Gasteiger partial charge on any atom is -0.385 e. The highest BCUT2D eigenvalue weighted by molar-refractivity contribution is 6.01. The first-order valence-corrected chi connectivity index (χ1v) is 14.5. The molecule has 2 saturated heterocycles. The van der Waals surface area contributed by atoms with E-state index >= 15 is 0 Å². The van der Waals surface area contributed by atoms with E-state index in [2.05, 4.69) is 21.3 Å². The number of carbonyl (C=O) groups is 2.